The van der Waals surface area contributed by atoms with Crippen LogP contribution in [0.5, 0.6) is 0 Å². The van der Waals surface area contributed by atoms with Gasteiger partial charge in [0.2, 0.25) is 0 Å². The first-order valence-corrected chi connectivity index (χ1v) is 6.24. The quantitative estimate of drug-likeness (QED) is 0.765. The lowest BCUT2D eigenvalue weighted by Crippen LogP contribution is -2.33. The number of hydrogen-bond acceptors (Lipinski definition) is 3. The molecule has 1 aromatic heterocycles. The van der Waals surface area contributed by atoms with Gasteiger partial charge >= 0.3 is 0 Å². The van der Waals surface area contributed by atoms with Gasteiger partial charge in [0.05, 0.1) is 12.7 Å². The Morgan fingerprint density at radius 2 is 2.50 bits per heavy atom. The van der Waals surface area contributed by atoms with E-state index in [-0.39, 0.29) is 0 Å². The molecule has 0 bridgehead atoms. The summed E-state index contributed by atoms with van der Waals surface area (Å²) in [4.78, 5) is 1.54. The van der Waals surface area contributed by atoms with Crippen molar-refractivity contribution >= 4 is 11.3 Å². The molecule has 2 aliphatic heterocycles. The molecule has 0 aromatic carbocycles. The van der Waals surface area contributed by atoms with E-state index < -0.39 is 0 Å². The van der Waals surface area contributed by atoms with E-state index in [1.807, 2.05) is 11.3 Å². The molecule has 3 heteroatoms. The molecule has 1 aromatic rings. The molecule has 0 saturated carbocycles. The van der Waals surface area contributed by atoms with Crippen LogP contribution in [0.4, 0.5) is 0 Å². The van der Waals surface area contributed by atoms with Gasteiger partial charge in [0.1, 0.15) is 0 Å². The molecule has 3 heterocycles. The zero-order valence-corrected chi connectivity index (χ0v) is 8.98. The zero-order valence-electron chi connectivity index (χ0n) is 8.16. The lowest BCUT2D eigenvalue weighted by Gasteiger charge is -2.28. The molecule has 2 atom stereocenters. The van der Waals surface area contributed by atoms with Gasteiger partial charge < -0.3 is 10.1 Å². The van der Waals surface area contributed by atoms with Crippen LogP contribution in [0.1, 0.15) is 29.4 Å². The molecule has 0 spiro atoms. The smallest absolute Gasteiger partial charge is 0.0988 e. The van der Waals surface area contributed by atoms with E-state index in [9.17, 15) is 0 Å². The Bertz CT molecular complexity index is 317. The summed E-state index contributed by atoms with van der Waals surface area (Å²) in [5, 5.41) is 5.73. The molecule has 0 unspecified atom stereocenters. The molecule has 0 radical (unpaired) electrons. The maximum absolute atomic E-state index is 5.89. The highest BCUT2D eigenvalue weighted by atomic mass is 32.1. The van der Waals surface area contributed by atoms with Crippen molar-refractivity contribution < 1.29 is 4.74 Å². The van der Waals surface area contributed by atoms with Crippen molar-refractivity contribution in [3.63, 3.8) is 0 Å². The summed E-state index contributed by atoms with van der Waals surface area (Å²) >= 11 is 1.88. The minimum atomic E-state index is 0.326. The van der Waals surface area contributed by atoms with Crippen molar-refractivity contribution in [2.24, 2.45) is 0 Å². The third-order valence-corrected chi connectivity index (χ3v) is 4.17. The van der Waals surface area contributed by atoms with Gasteiger partial charge in [-0.05, 0) is 36.4 Å². The lowest BCUT2D eigenvalue weighted by atomic mass is 9.99. The minimum Gasteiger partial charge on any atom is -0.371 e. The highest BCUT2D eigenvalue weighted by Crippen LogP contribution is 2.35. The van der Waals surface area contributed by atoms with Crippen LogP contribution in [0, 0.1) is 0 Å². The van der Waals surface area contributed by atoms with Crippen LogP contribution in [-0.4, -0.2) is 19.2 Å². The molecule has 0 aliphatic carbocycles. The largest absolute Gasteiger partial charge is 0.371 e. The van der Waals surface area contributed by atoms with Gasteiger partial charge in [0.25, 0.3) is 0 Å². The summed E-state index contributed by atoms with van der Waals surface area (Å²) in [6, 6.07) is 2.80. The fourth-order valence-corrected chi connectivity index (χ4v) is 3.38. The molecule has 2 aliphatic rings. The van der Waals surface area contributed by atoms with Crippen LogP contribution in [0.25, 0.3) is 0 Å². The Balaban J connectivity index is 1.88. The van der Waals surface area contributed by atoms with Crippen LogP contribution >= 0.6 is 11.3 Å². The van der Waals surface area contributed by atoms with E-state index in [2.05, 4.69) is 16.8 Å². The first kappa shape index (κ1) is 8.89. The van der Waals surface area contributed by atoms with Crippen molar-refractivity contribution in [3.8, 4) is 0 Å². The number of hydrogen-bond donors (Lipinski definition) is 1. The standard InChI is InChI=1S/C11H15NOS/c1-2-9(12-5-1)11-8-4-7-14-10(8)3-6-13-11/h4,7,9,11-12H,1-3,5-6H2/t9-,11-/m0/s1. The van der Waals surface area contributed by atoms with E-state index >= 15 is 0 Å². The van der Waals surface area contributed by atoms with Crippen molar-refractivity contribution in [1.29, 1.82) is 0 Å². The summed E-state index contributed by atoms with van der Waals surface area (Å²) in [6.45, 7) is 2.06. The normalized spacial score (nSPS) is 31.7. The summed E-state index contributed by atoms with van der Waals surface area (Å²) in [7, 11) is 0. The molecule has 14 heavy (non-hydrogen) atoms. The second kappa shape index (κ2) is 3.65. The van der Waals surface area contributed by atoms with Gasteiger partial charge in [-0.3, -0.25) is 0 Å². The predicted molar refractivity (Wildman–Crippen MR) is 57.7 cm³/mol. The molecule has 76 valence electrons. The van der Waals surface area contributed by atoms with Crippen molar-refractivity contribution in [1.82, 2.24) is 5.32 Å². The van der Waals surface area contributed by atoms with Crippen molar-refractivity contribution in [2.75, 3.05) is 13.2 Å². The Kier molecular flexibility index (Phi) is 2.32. The monoisotopic (exact) mass is 209 g/mol. The second-order valence-electron chi connectivity index (χ2n) is 4.04. The maximum atomic E-state index is 5.89. The van der Waals surface area contributed by atoms with Crippen LogP contribution in [0.2, 0.25) is 0 Å². The Labute approximate surface area is 88.3 Å². The highest BCUT2D eigenvalue weighted by Gasteiger charge is 2.31. The molecule has 1 N–H and O–H groups in total. The van der Waals surface area contributed by atoms with E-state index in [1.165, 1.54) is 23.3 Å². The fourth-order valence-electron chi connectivity index (χ4n) is 2.48. The SMILES string of the molecule is c1cc2c(s1)CCO[C@@H]2[C@@H]1CCCN1. The summed E-state index contributed by atoms with van der Waals surface area (Å²) in [5.41, 5.74) is 1.45. The van der Waals surface area contributed by atoms with Gasteiger partial charge in [-0.1, -0.05) is 0 Å². The lowest BCUT2D eigenvalue weighted by molar-refractivity contribution is 0.0211. The molecule has 1 saturated heterocycles. The average molecular weight is 209 g/mol. The molecule has 1 fully saturated rings. The van der Waals surface area contributed by atoms with E-state index in [0.29, 0.717) is 12.1 Å². The van der Waals surface area contributed by atoms with E-state index in [4.69, 9.17) is 4.74 Å². The maximum Gasteiger partial charge on any atom is 0.0988 e. The van der Waals surface area contributed by atoms with Crippen molar-refractivity contribution in [3.05, 3.63) is 21.9 Å². The minimum absolute atomic E-state index is 0.326. The fraction of sp³-hybridized carbons (Fsp3) is 0.636. The number of ether oxygens (including phenoxy) is 1. The Morgan fingerprint density at radius 3 is 3.36 bits per heavy atom. The van der Waals surface area contributed by atoms with Crippen molar-refractivity contribution in [2.45, 2.75) is 31.4 Å². The summed E-state index contributed by atoms with van der Waals surface area (Å²) in [5.74, 6) is 0. The highest BCUT2D eigenvalue weighted by molar-refractivity contribution is 7.10. The number of thiophene rings is 1. The third-order valence-electron chi connectivity index (χ3n) is 3.18. The Morgan fingerprint density at radius 1 is 1.50 bits per heavy atom. The van der Waals surface area contributed by atoms with Crippen LogP contribution in [0.3, 0.4) is 0 Å². The van der Waals surface area contributed by atoms with Crippen LogP contribution in [0.15, 0.2) is 11.4 Å². The van der Waals surface area contributed by atoms with Gasteiger partial charge in [0, 0.05) is 17.3 Å². The summed E-state index contributed by atoms with van der Waals surface area (Å²) in [6.07, 6.45) is 3.99. The molecule has 3 rings (SSSR count). The summed E-state index contributed by atoms with van der Waals surface area (Å²) < 4.78 is 5.89. The topological polar surface area (TPSA) is 21.3 Å². The first-order valence-electron chi connectivity index (χ1n) is 5.36. The van der Waals surface area contributed by atoms with Crippen LogP contribution < -0.4 is 5.32 Å². The predicted octanol–water partition coefficient (Wildman–Crippen LogP) is 2.11. The number of nitrogens with one attached hydrogen (secondary N) is 1. The van der Waals surface area contributed by atoms with E-state index in [0.717, 1.165) is 19.6 Å². The number of fused-ring (bicyclic) bond motifs is 1. The first-order chi connectivity index (χ1) is 6.95. The molecule has 0 amide bonds. The molecular formula is C11H15NOS. The number of rotatable bonds is 1. The van der Waals surface area contributed by atoms with Gasteiger partial charge in [-0.2, -0.15) is 0 Å². The molecule has 2 nitrogen and oxygen atoms in total. The van der Waals surface area contributed by atoms with Gasteiger partial charge in [-0.15, -0.1) is 11.3 Å². The average Bonchev–Trinajstić information content (AvgIpc) is 2.88. The zero-order chi connectivity index (χ0) is 9.38. The Hall–Kier alpha value is -0.380. The van der Waals surface area contributed by atoms with Crippen LogP contribution in [-0.2, 0) is 11.2 Å². The third kappa shape index (κ3) is 1.40. The van der Waals surface area contributed by atoms with Gasteiger partial charge in [-0.25, -0.2) is 0 Å². The van der Waals surface area contributed by atoms with E-state index in [1.54, 1.807) is 0 Å². The molecular weight excluding hydrogens is 194 g/mol. The second-order valence-corrected chi connectivity index (χ2v) is 5.04. The van der Waals surface area contributed by atoms with Gasteiger partial charge in [0.15, 0.2) is 0 Å².